The first kappa shape index (κ1) is 18.1. The van der Waals surface area contributed by atoms with E-state index < -0.39 is 5.69 Å². The predicted molar refractivity (Wildman–Crippen MR) is 108 cm³/mol. The molecule has 0 bridgehead atoms. The Balaban J connectivity index is 2.04. The Morgan fingerprint density at radius 3 is 2.54 bits per heavy atom. The quantitative estimate of drug-likeness (QED) is 0.542. The highest BCUT2D eigenvalue weighted by Crippen LogP contribution is 2.28. The number of aryl methyl sites for hydroxylation is 2. The van der Waals surface area contributed by atoms with Crippen LogP contribution in [0.3, 0.4) is 0 Å². The summed E-state index contributed by atoms with van der Waals surface area (Å²) in [5.74, 6) is 1.70. The van der Waals surface area contributed by atoms with E-state index in [1.54, 1.807) is 11.4 Å². The number of nitrogens with zero attached hydrogens (tertiary/aromatic N) is 5. The summed E-state index contributed by atoms with van der Waals surface area (Å²) in [6.07, 6.45) is 1.86. The smallest absolute Gasteiger partial charge is 0.332 e. The standard InChI is InChI=1S/C20H23N5O3/c1-12(2)11-28-15-9-7-6-8-14(15)25-13(3)10-24-16-17(21-19(24)25)22(4)20(27)23(5)18(16)26/h6-10,12H,11H2,1-5H3. The fourth-order valence-electron chi connectivity index (χ4n) is 3.40. The lowest BCUT2D eigenvalue weighted by Gasteiger charge is -2.14. The normalized spacial score (nSPS) is 11.8. The van der Waals surface area contributed by atoms with Gasteiger partial charge in [-0.2, -0.15) is 4.98 Å². The van der Waals surface area contributed by atoms with Gasteiger partial charge in [-0.1, -0.05) is 26.0 Å². The first-order valence-electron chi connectivity index (χ1n) is 9.19. The van der Waals surface area contributed by atoms with E-state index in [1.807, 2.05) is 42.0 Å². The molecule has 0 aliphatic carbocycles. The van der Waals surface area contributed by atoms with Crippen LogP contribution >= 0.6 is 0 Å². The molecule has 0 aliphatic heterocycles. The lowest BCUT2D eigenvalue weighted by atomic mass is 10.2. The van der Waals surface area contributed by atoms with Crippen molar-refractivity contribution in [1.29, 1.82) is 0 Å². The SMILES string of the molecule is Cc1cn2c3c(=O)n(C)c(=O)n(C)c3nc2n1-c1ccccc1OCC(C)C. The molecular formula is C20H23N5O3. The van der Waals surface area contributed by atoms with Crippen molar-refractivity contribution in [3.63, 3.8) is 0 Å². The van der Waals surface area contributed by atoms with Gasteiger partial charge in [0.15, 0.2) is 11.2 Å². The van der Waals surface area contributed by atoms with Gasteiger partial charge in [-0.05, 0) is 25.0 Å². The van der Waals surface area contributed by atoms with Crippen LogP contribution in [-0.4, -0.2) is 29.7 Å². The van der Waals surface area contributed by atoms with Crippen molar-refractivity contribution in [2.75, 3.05) is 6.61 Å². The molecule has 3 heterocycles. The summed E-state index contributed by atoms with van der Waals surface area (Å²) in [6, 6.07) is 7.74. The van der Waals surface area contributed by atoms with Crippen molar-refractivity contribution in [2.45, 2.75) is 20.8 Å². The Labute approximate surface area is 161 Å². The first-order valence-corrected chi connectivity index (χ1v) is 9.19. The maximum atomic E-state index is 12.7. The molecule has 0 saturated carbocycles. The number of para-hydroxylation sites is 2. The fraction of sp³-hybridized carbons (Fsp3) is 0.350. The first-order chi connectivity index (χ1) is 13.3. The van der Waals surface area contributed by atoms with Gasteiger partial charge in [0.2, 0.25) is 5.78 Å². The van der Waals surface area contributed by atoms with Crippen LogP contribution in [0.2, 0.25) is 0 Å². The summed E-state index contributed by atoms with van der Waals surface area (Å²) in [5, 5.41) is 0. The predicted octanol–water partition coefficient (Wildman–Crippen LogP) is 2.02. The molecule has 0 N–H and O–H groups in total. The minimum atomic E-state index is -0.401. The van der Waals surface area contributed by atoms with Gasteiger partial charge < -0.3 is 4.74 Å². The lowest BCUT2D eigenvalue weighted by Crippen LogP contribution is -2.37. The highest BCUT2D eigenvalue weighted by atomic mass is 16.5. The van der Waals surface area contributed by atoms with Gasteiger partial charge in [-0.15, -0.1) is 0 Å². The van der Waals surface area contributed by atoms with Crippen molar-refractivity contribution in [3.05, 3.63) is 57.0 Å². The van der Waals surface area contributed by atoms with Crippen LogP contribution in [0.5, 0.6) is 5.75 Å². The van der Waals surface area contributed by atoms with Crippen molar-refractivity contribution in [1.82, 2.24) is 23.1 Å². The molecule has 146 valence electrons. The number of hydrogen-bond acceptors (Lipinski definition) is 4. The van der Waals surface area contributed by atoms with Gasteiger partial charge >= 0.3 is 5.69 Å². The summed E-state index contributed by atoms with van der Waals surface area (Å²) in [4.78, 5) is 29.6. The molecule has 8 nitrogen and oxygen atoms in total. The molecule has 3 aromatic heterocycles. The zero-order valence-corrected chi connectivity index (χ0v) is 16.6. The Hall–Kier alpha value is -3.29. The van der Waals surface area contributed by atoms with E-state index in [9.17, 15) is 9.59 Å². The number of imidazole rings is 2. The minimum absolute atomic E-state index is 0.359. The van der Waals surface area contributed by atoms with Crippen LogP contribution in [0.15, 0.2) is 40.1 Å². The number of hydrogen-bond donors (Lipinski definition) is 0. The largest absolute Gasteiger partial charge is 0.491 e. The maximum Gasteiger partial charge on any atom is 0.332 e. The summed E-state index contributed by atoms with van der Waals surface area (Å²) in [7, 11) is 3.09. The number of ether oxygens (including phenoxy) is 1. The molecule has 8 heteroatoms. The molecule has 0 unspecified atom stereocenters. The van der Waals surface area contributed by atoms with Crippen molar-refractivity contribution in [2.24, 2.45) is 20.0 Å². The average Bonchev–Trinajstić information content (AvgIpc) is 3.17. The van der Waals surface area contributed by atoms with Gasteiger partial charge in [0, 0.05) is 26.0 Å². The Kier molecular flexibility index (Phi) is 4.14. The van der Waals surface area contributed by atoms with Crippen LogP contribution < -0.4 is 16.0 Å². The number of fused-ring (bicyclic) bond motifs is 3. The molecule has 0 fully saturated rings. The monoisotopic (exact) mass is 381 g/mol. The minimum Gasteiger partial charge on any atom is -0.491 e. The Morgan fingerprint density at radius 1 is 1.11 bits per heavy atom. The number of benzene rings is 1. The second-order valence-electron chi connectivity index (χ2n) is 7.44. The van der Waals surface area contributed by atoms with Crippen molar-refractivity contribution in [3.8, 4) is 11.4 Å². The van der Waals surface area contributed by atoms with Gasteiger partial charge in [0.05, 0.1) is 12.3 Å². The van der Waals surface area contributed by atoms with Crippen LogP contribution in [0, 0.1) is 12.8 Å². The molecule has 0 saturated heterocycles. The molecule has 4 rings (SSSR count). The van der Waals surface area contributed by atoms with E-state index in [0.29, 0.717) is 29.5 Å². The second kappa shape index (κ2) is 6.40. The molecule has 0 amide bonds. The van der Waals surface area contributed by atoms with Crippen LogP contribution in [0.1, 0.15) is 19.5 Å². The third-order valence-corrected chi connectivity index (χ3v) is 4.82. The summed E-state index contributed by atoms with van der Waals surface area (Å²) in [5.41, 5.74) is 1.71. The Morgan fingerprint density at radius 2 is 1.82 bits per heavy atom. The summed E-state index contributed by atoms with van der Waals surface area (Å²) < 4.78 is 12.2. The van der Waals surface area contributed by atoms with Gasteiger partial charge in [-0.25, -0.2) is 4.79 Å². The van der Waals surface area contributed by atoms with E-state index in [0.717, 1.165) is 21.7 Å². The zero-order chi connectivity index (χ0) is 20.2. The topological polar surface area (TPSA) is 75.5 Å². The number of rotatable bonds is 4. The van der Waals surface area contributed by atoms with E-state index in [1.165, 1.54) is 11.6 Å². The van der Waals surface area contributed by atoms with E-state index >= 15 is 0 Å². The van der Waals surface area contributed by atoms with E-state index in [2.05, 4.69) is 18.8 Å². The van der Waals surface area contributed by atoms with Crippen molar-refractivity contribution < 1.29 is 4.74 Å². The van der Waals surface area contributed by atoms with Crippen LogP contribution in [0.4, 0.5) is 0 Å². The molecule has 1 aromatic carbocycles. The molecule has 28 heavy (non-hydrogen) atoms. The molecule has 0 atom stereocenters. The third kappa shape index (κ3) is 2.56. The lowest BCUT2D eigenvalue weighted by molar-refractivity contribution is 0.270. The van der Waals surface area contributed by atoms with Crippen LogP contribution in [0.25, 0.3) is 22.6 Å². The third-order valence-electron chi connectivity index (χ3n) is 4.82. The highest BCUT2D eigenvalue weighted by Gasteiger charge is 2.21. The average molecular weight is 381 g/mol. The van der Waals surface area contributed by atoms with Gasteiger partial charge in [0.25, 0.3) is 5.56 Å². The van der Waals surface area contributed by atoms with Gasteiger partial charge in [-0.3, -0.25) is 22.9 Å². The number of aromatic nitrogens is 5. The Bertz CT molecular complexity index is 1320. The molecule has 4 aromatic rings. The summed E-state index contributed by atoms with van der Waals surface area (Å²) in [6.45, 7) is 6.74. The maximum absolute atomic E-state index is 12.7. The fourth-order valence-corrected chi connectivity index (χ4v) is 3.40. The zero-order valence-electron chi connectivity index (χ0n) is 16.6. The van der Waals surface area contributed by atoms with Crippen molar-refractivity contribution >= 4 is 16.9 Å². The van der Waals surface area contributed by atoms with Gasteiger partial charge in [0.1, 0.15) is 5.75 Å². The second-order valence-corrected chi connectivity index (χ2v) is 7.44. The highest BCUT2D eigenvalue weighted by molar-refractivity contribution is 5.76. The molecular weight excluding hydrogens is 358 g/mol. The molecule has 0 aliphatic rings. The molecule has 0 spiro atoms. The van der Waals surface area contributed by atoms with E-state index in [4.69, 9.17) is 4.74 Å². The molecule has 0 radical (unpaired) electrons. The summed E-state index contributed by atoms with van der Waals surface area (Å²) >= 11 is 0. The van der Waals surface area contributed by atoms with E-state index in [-0.39, 0.29) is 5.56 Å². The van der Waals surface area contributed by atoms with Crippen LogP contribution in [-0.2, 0) is 14.1 Å².